The van der Waals surface area contributed by atoms with E-state index in [-0.39, 0.29) is 22.4 Å². The van der Waals surface area contributed by atoms with Gasteiger partial charge < -0.3 is 5.32 Å². The number of anilines is 1. The van der Waals surface area contributed by atoms with E-state index in [1.807, 2.05) is 13.0 Å². The zero-order valence-corrected chi connectivity index (χ0v) is 17.5. The number of aromatic nitrogens is 1. The zero-order chi connectivity index (χ0) is 21.0. The van der Waals surface area contributed by atoms with Gasteiger partial charge in [0.25, 0.3) is 15.9 Å². The summed E-state index contributed by atoms with van der Waals surface area (Å²) < 4.78 is 27.1. The van der Waals surface area contributed by atoms with Crippen molar-refractivity contribution in [2.75, 3.05) is 11.4 Å². The minimum atomic E-state index is -3.86. The number of sulfonamides is 1. The number of nitrogens with one attached hydrogen (secondary N) is 1. The van der Waals surface area contributed by atoms with Crippen LogP contribution in [-0.2, 0) is 10.0 Å². The Labute approximate surface area is 175 Å². The van der Waals surface area contributed by atoms with Gasteiger partial charge in [0.2, 0.25) is 0 Å². The first-order valence-electron chi connectivity index (χ1n) is 8.84. The van der Waals surface area contributed by atoms with Crippen molar-refractivity contribution in [2.45, 2.75) is 17.9 Å². The van der Waals surface area contributed by atoms with Gasteiger partial charge in [0.05, 0.1) is 16.6 Å². The molecule has 8 heteroatoms. The summed E-state index contributed by atoms with van der Waals surface area (Å²) in [6, 6.07) is 15.9. The van der Waals surface area contributed by atoms with Crippen molar-refractivity contribution in [3.05, 3.63) is 89.2 Å². The van der Waals surface area contributed by atoms with Crippen LogP contribution in [0.2, 0.25) is 5.02 Å². The first-order valence-corrected chi connectivity index (χ1v) is 10.7. The second-order valence-electron chi connectivity index (χ2n) is 6.46. The van der Waals surface area contributed by atoms with Crippen LogP contribution in [0.3, 0.4) is 0 Å². The Bertz CT molecular complexity index is 1120. The van der Waals surface area contributed by atoms with Crippen LogP contribution in [0.15, 0.2) is 78.0 Å². The van der Waals surface area contributed by atoms with Crippen LogP contribution in [0.1, 0.15) is 28.9 Å². The number of halogens is 1. The van der Waals surface area contributed by atoms with E-state index in [0.717, 1.165) is 9.87 Å². The summed E-state index contributed by atoms with van der Waals surface area (Å²) in [5, 5.41) is 3.29. The fraction of sp³-hybridized carbons (Fsp3) is 0.143. The van der Waals surface area contributed by atoms with Crippen LogP contribution in [0.5, 0.6) is 0 Å². The zero-order valence-electron chi connectivity index (χ0n) is 15.9. The van der Waals surface area contributed by atoms with Crippen LogP contribution in [0, 0.1) is 0 Å². The Balaban J connectivity index is 1.83. The molecule has 2 aromatic carbocycles. The molecule has 3 rings (SSSR count). The van der Waals surface area contributed by atoms with Gasteiger partial charge in [-0.05, 0) is 55.0 Å². The molecule has 1 unspecified atom stereocenters. The highest BCUT2D eigenvalue weighted by atomic mass is 35.5. The lowest BCUT2D eigenvalue weighted by Crippen LogP contribution is -2.28. The maximum Gasteiger partial charge on any atom is 0.264 e. The van der Waals surface area contributed by atoms with Gasteiger partial charge in [0.1, 0.15) is 0 Å². The van der Waals surface area contributed by atoms with Gasteiger partial charge in [-0.3, -0.25) is 14.1 Å². The van der Waals surface area contributed by atoms with E-state index in [2.05, 4.69) is 10.3 Å². The SMILES string of the molecule is CC(NC(=O)c1cccc(S(=O)(=O)N(C)c2cccc(Cl)c2)c1)c1cccnc1. The van der Waals surface area contributed by atoms with Crippen LogP contribution in [-0.4, -0.2) is 26.4 Å². The molecule has 0 aliphatic rings. The molecule has 150 valence electrons. The Morgan fingerprint density at radius 3 is 2.55 bits per heavy atom. The molecule has 3 aromatic rings. The van der Waals surface area contributed by atoms with E-state index in [4.69, 9.17) is 11.6 Å². The van der Waals surface area contributed by atoms with Gasteiger partial charge in [0, 0.05) is 30.0 Å². The van der Waals surface area contributed by atoms with Crippen molar-refractivity contribution in [1.29, 1.82) is 0 Å². The standard InChI is InChI=1S/C21H20ClN3O3S/c1-15(17-7-5-11-23-14-17)24-21(26)16-6-3-10-20(12-16)29(27,28)25(2)19-9-4-8-18(22)13-19/h3-15H,1-2H3,(H,24,26). The molecule has 0 aliphatic carbocycles. The Kier molecular flexibility index (Phi) is 6.20. The summed E-state index contributed by atoms with van der Waals surface area (Å²) in [4.78, 5) is 16.7. The number of carbonyl (C=O) groups is 1. The molecule has 0 aliphatic heterocycles. The van der Waals surface area contributed by atoms with E-state index in [1.165, 1.54) is 19.2 Å². The molecule has 1 aromatic heterocycles. The average Bonchev–Trinajstić information content (AvgIpc) is 2.73. The number of amides is 1. The number of benzene rings is 2. The molecule has 0 saturated carbocycles. The molecule has 1 N–H and O–H groups in total. The van der Waals surface area contributed by atoms with E-state index < -0.39 is 10.0 Å². The lowest BCUT2D eigenvalue weighted by Gasteiger charge is -2.20. The first-order chi connectivity index (χ1) is 13.8. The number of pyridine rings is 1. The average molecular weight is 430 g/mol. The lowest BCUT2D eigenvalue weighted by molar-refractivity contribution is 0.0939. The molecule has 0 bridgehead atoms. The third-order valence-electron chi connectivity index (χ3n) is 4.46. The summed E-state index contributed by atoms with van der Waals surface area (Å²) in [6.07, 6.45) is 3.33. The number of hydrogen-bond acceptors (Lipinski definition) is 4. The Hall–Kier alpha value is -2.90. The number of carbonyl (C=O) groups excluding carboxylic acids is 1. The van der Waals surface area contributed by atoms with E-state index in [0.29, 0.717) is 10.7 Å². The maximum atomic E-state index is 13.0. The smallest absolute Gasteiger partial charge is 0.264 e. The lowest BCUT2D eigenvalue weighted by atomic mass is 10.1. The predicted octanol–water partition coefficient (Wildman–Crippen LogP) is 4.05. The minimum absolute atomic E-state index is 0.0154. The summed E-state index contributed by atoms with van der Waals surface area (Å²) in [5.74, 6) is -0.371. The van der Waals surface area contributed by atoms with Gasteiger partial charge in [-0.25, -0.2) is 8.42 Å². The molecular weight excluding hydrogens is 410 g/mol. The maximum absolute atomic E-state index is 13.0. The molecule has 6 nitrogen and oxygen atoms in total. The fourth-order valence-corrected chi connectivity index (χ4v) is 4.18. The van der Waals surface area contributed by atoms with Crippen molar-refractivity contribution < 1.29 is 13.2 Å². The molecule has 0 spiro atoms. The van der Waals surface area contributed by atoms with Crippen molar-refractivity contribution in [1.82, 2.24) is 10.3 Å². The minimum Gasteiger partial charge on any atom is -0.345 e. The molecule has 0 saturated heterocycles. The van der Waals surface area contributed by atoms with Crippen LogP contribution in [0.25, 0.3) is 0 Å². The van der Waals surface area contributed by atoms with Gasteiger partial charge in [-0.1, -0.05) is 29.8 Å². The summed E-state index contributed by atoms with van der Waals surface area (Å²) in [5.41, 5.74) is 1.53. The number of hydrogen-bond donors (Lipinski definition) is 1. The summed E-state index contributed by atoms with van der Waals surface area (Å²) in [6.45, 7) is 1.84. The van der Waals surface area contributed by atoms with Crippen LogP contribution in [0.4, 0.5) is 5.69 Å². The van der Waals surface area contributed by atoms with Crippen molar-refractivity contribution in [3.8, 4) is 0 Å². The van der Waals surface area contributed by atoms with Crippen LogP contribution >= 0.6 is 11.6 Å². The van der Waals surface area contributed by atoms with Gasteiger partial charge in [0.15, 0.2) is 0 Å². The normalized spacial score (nSPS) is 12.2. The van der Waals surface area contributed by atoms with E-state index in [9.17, 15) is 13.2 Å². The highest BCUT2D eigenvalue weighted by Crippen LogP contribution is 2.25. The first kappa shape index (κ1) is 20.8. The molecule has 0 fully saturated rings. The number of nitrogens with zero attached hydrogens (tertiary/aromatic N) is 2. The summed E-state index contributed by atoms with van der Waals surface area (Å²) >= 11 is 5.97. The quantitative estimate of drug-likeness (QED) is 0.641. The second-order valence-corrected chi connectivity index (χ2v) is 8.87. The molecule has 1 atom stereocenters. The van der Waals surface area contributed by atoms with Gasteiger partial charge in [-0.2, -0.15) is 0 Å². The second kappa shape index (κ2) is 8.63. The van der Waals surface area contributed by atoms with E-state index in [1.54, 1.807) is 54.9 Å². The third kappa shape index (κ3) is 4.75. The molecular formula is C21H20ClN3O3S. The summed E-state index contributed by atoms with van der Waals surface area (Å²) in [7, 11) is -2.42. The molecule has 1 amide bonds. The highest BCUT2D eigenvalue weighted by molar-refractivity contribution is 7.92. The third-order valence-corrected chi connectivity index (χ3v) is 6.48. The monoisotopic (exact) mass is 429 g/mol. The van der Waals surface area contributed by atoms with Crippen molar-refractivity contribution in [3.63, 3.8) is 0 Å². The fourth-order valence-electron chi connectivity index (χ4n) is 2.76. The largest absolute Gasteiger partial charge is 0.345 e. The molecule has 29 heavy (non-hydrogen) atoms. The predicted molar refractivity (Wildman–Crippen MR) is 114 cm³/mol. The topological polar surface area (TPSA) is 79.4 Å². The Morgan fingerprint density at radius 2 is 1.86 bits per heavy atom. The van der Waals surface area contributed by atoms with Gasteiger partial charge in [-0.15, -0.1) is 0 Å². The number of rotatable bonds is 6. The Morgan fingerprint density at radius 1 is 1.10 bits per heavy atom. The van der Waals surface area contributed by atoms with Crippen LogP contribution < -0.4 is 9.62 Å². The van der Waals surface area contributed by atoms with Crippen molar-refractivity contribution >= 4 is 33.2 Å². The molecule has 1 heterocycles. The highest BCUT2D eigenvalue weighted by Gasteiger charge is 2.23. The van der Waals surface area contributed by atoms with Gasteiger partial charge >= 0.3 is 0 Å². The van der Waals surface area contributed by atoms with Crippen molar-refractivity contribution in [2.24, 2.45) is 0 Å². The molecule has 0 radical (unpaired) electrons. The van der Waals surface area contributed by atoms with E-state index >= 15 is 0 Å².